The molecule has 0 spiro atoms. The molecule has 15 heavy (non-hydrogen) atoms. The first-order valence-corrected chi connectivity index (χ1v) is 5.90. The molecule has 1 aromatic heterocycles. The molecule has 3 unspecified atom stereocenters. The largest absolute Gasteiger partial charge is 0.327 e. The molecular formula is C12H21N3. The van der Waals surface area contributed by atoms with E-state index in [0.29, 0.717) is 12.0 Å². The predicted octanol–water partition coefficient (Wildman–Crippen LogP) is 1.73. The van der Waals surface area contributed by atoms with Crippen LogP contribution < -0.4 is 5.73 Å². The molecule has 0 amide bonds. The normalized spacial score (nSPS) is 31.0. The summed E-state index contributed by atoms with van der Waals surface area (Å²) in [6.45, 7) is 2.30. The lowest BCUT2D eigenvalue weighted by atomic mass is 9.91. The monoisotopic (exact) mass is 207 g/mol. The highest BCUT2D eigenvalue weighted by Crippen LogP contribution is 2.33. The van der Waals surface area contributed by atoms with Crippen molar-refractivity contribution in [2.24, 2.45) is 24.6 Å². The molecule has 3 heteroatoms. The lowest BCUT2D eigenvalue weighted by Gasteiger charge is -2.17. The molecule has 1 heterocycles. The lowest BCUT2D eigenvalue weighted by molar-refractivity contribution is 0.370. The molecule has 2 N–H and O–H groups in total. The molecule has 2 rings (SSSR count). The van der Waals surface area contributed by atoms with Gasteiger partial charge in [0.05, 0.1) is 6.20 Å². The van der Waals surface area contributed by atoms with Crippen LogP contribution in [0.3, 0.4) is 0 Å². The molecule has 0 radical (unpaired) electrons. The summed E-state index contributed by atoms with van der Waals surface area (Å²) in [5, 5.41) is 4.19. The fraction of sp³-hybridized carbons (Fsp3) is 0.750. The molecule has 0 bridgehead atoms. The molecule has 0 aromatic carbocycles. The van der Waals surface area contributed by atoms with Gasteiger partial charge in [-0.2, -0.15) is 5.10 Å². The minimum atomic E-state index is 0.434. The number of aromatic nitrogens is 2. The van der Waals surface area contributed by atoms with Gasteiger partial charge in [-0.1, -0.05) is 6.92 Å². The third-order valence-electron chi connectivity index (χ3n) is 3.85. The van der Waals surface area contributed by atoms with Gasteiger partial charge in [-0.05, 0) is 43.1 Å². The van der Waals surface area contributed by atoms with Crippen LogP contribution in [-0.2, 0) is 13.5 Å². The molecule has 1 fully saturated rings. The Balaban J connectivity index is 1.83. The van der Waals surface area contributed by atoms with Crippen molar-refractivity contribution in [3.8, 4) is 0 Å². The molecule has 0 saturated heterocycles. The third kappa shape index (κ3) is 2.40. The molecule has 3 nitrogen and oxygen atoms in total. The quantitative estimate of drug-likeness (QED) is 0.820. The molecule has 84 valence electrons. The fourth-order valence-electron chi connectivity index (χ4n) is 2.64. The van der Waals surface area contributed by atoms with E-state index in [1.807, 2.05) is 17.9 Å². The second-order valence-corrected chi connectivity index (χ2v) is 4.92. The van der Waals surface area contributed by atoms with E-state index in [1.54, 1.807) is 0 Å². The van der Waals surface area contributed by atoms with E-state index in [2.05, 4.69) is 18.2 Å². The molecular weight excluding hydrogens is 186 g/mol. The standard InChI is InChI=1S/C12H21N3/c1-9-11(5-6-12(9)13)4-3-10-7-14-15(2)8-10/h7-9,11-12H,3-6,13H2,1-2H3. The van der Waals surface area contributed by atoms with Gasteiger partial charge in [0.15, 0.2) is 0 Å². The maximum Gasteiger partial charge on any atom is 0.0521 e. The van der Waals surface area contributed by atoms with Crippen LogP contribution in [0.15, 0.2) is 12.4 Å². The van der Waals surface area contributed by atoms with Gasteiger partial charge in [-0.25, -0.2) is 0 Å². The summed E-state index contributed by atoms with van der Waals surface area (Å²) >= 11 is 0. The summed E-state index contributed by atoms with van der Waals surface area (Å²) in [5.41, 5.74) is 7.38. The fourth-order valence-corrected chi connectivity index (χ4v) is 2.64. The zero-order valence-corrected chi connectivity index (χ0v) is 9.69. The van der Waals surface area contributed by atoms with Gasteiger partial charge in [0.1, 0.15) is 0 Å². The van der Waals surface area contributed by atoms with Crippen LogP contribution in [0, 0.1) is 11.8 Å². The Morgan fingerprint density at radius 1 is 1.53 bits per heavy atom. The van der Waals surface area contributed by atoms with E-state index in [9.17, 15) is 0 Å². The average molecular weight is 207 g/mol. The van der Waals surface area contributed by atoms with E-state index in [1.165, 1.54) is 24.8 Å². The third-order valence-corrected chi connectivity index (χ3v) is 3.85. The van der Waals surface area contributed by atoms with Gasteiger partial charge in [0, 0.05) is 19.3 Å². The van der Waals surface area contributed by atoms with Crippen LogP contribution in [0.5, 0.6) is 0 Å². The van der Waals surface area contributed by atoms with Gasteiger partial charge in [0.25, 0.3) is 0 Å². The average Bonchev–Trinajstić information content (AvgIpc) is 2.74. The predicted molar refractivity (Wildman–Crippen MR) is 61.4 cm³/mol. The second-order valence-electron chi connectivity index (χ2n) is 4.92. The Labute approximate surface area is 91.7 Å². The van der Waals surface area contributed by atoms with Crippen molar-refractivity contribution in [3.63, 3.8) is 0 Å². The summed E-state index contributed by atoms with van der Waals surface area (Å²) in [6.07, 6.45) is 9.01. The smallest absolute Gasteiger partial charge is 0.0521 e. The van der Waals surface area contributed by atoms with Crippen molar-refractivity contribution in [2.45, 2.75) is 38.6 Å². The number of nitrogens with zero attached hydrogens (tertiary/aromatic N) is 2. The van der Waals surface area contributed by atoms with Crippen LogP contribution in [0.4, 0.5) is 0 Å². The van der Waals surface area contributed by atoms with Crippen molar-refractivity contribution >= 4 is 0 Å². The van der Waals surface area contributed by atoms with E-state index in [-0.39, 0.29) is 0 Å². The highest BCUT2D eigenvalue weighted by Gasteiger charge is 2.29. The summed E-state index contributed by atoms with van der Waals surface area (Å²) in [4.78, 5) is 0. The lowest BCUT2D eigenvalue weighted by Crippen LogP contribution is -2.25. The minimum absolute atomic E-state index is 0.434. The van der Waals surface area contributed by atoms with Gasteiger partial charge >= 0.3 is 0 Å². The van der Waals surface area contributed by atoms with Gasteiger partial charge < -0.3 is 5.73 Å². The van der Waals surface area contributed by atoms with Crippen molar-refractivity contribution in [2.75, 3.05) is 0 Å². The highest BCUT2D eigenvalue weighted by atomic mass is 15.2. The van der Waals surface area contributed by atoms with E-state index in [0.717, 1.165) is 12.3 Å². The summed E-state index contributed by atoms with van der Waals surface area (Å²) in [7, 11) is 1.97. The Kier molecular flexibility index (Phi) is 3.10. The van der Waals surface area contributed by atoms with Crippen molar-refractivity contribution in [1.29, 1.82) is 0 Å². The Morgan fingerprint density at radius 3 is 2.87 bits per heavy atom. The Bertz CT molecular complexity index is 318. The molecule has 1 aromatic rings. The Morgan fingerprint density at radius 2 is 2.33 bits per heavy atom. The molecule has 0 aliphatic heterocycles. The van der Waals surface area contributed by atoms with Crippen LogP contribution in [0.2, 0.25) is 0 Å². The summed E-state index contributed by atoms with van der Waals surface area (Å²) in [6, 6.07) is 0.434. The molecule has 1 aliphatic rings. The Hall–Kier alpha value is -0.830. The molecule has 1 saturated carbocycles. The first-order chi connectivity index (χ1) is 7.16. The molecule has 1 aliphatic carbocycles. The minimum Gasteiger partial charge on any atom is -0.327 e. The zero-order chi connectivity index (χ0) is 10.8. The van der Waals surface area contributed by atoms with Crippen molar-refractivity contribution in [1.82, 2.24) is 9.78 Å². The summed E-state index contributed by atoms with van der Waals surface area (Å²) in [5.74, 6) is 1.52. The van der Waals surface area contributed by atoms with Crippen LogP contribution in [0.25, 0.3) is 0 Å². The SMILES string of the molecule is CC1C(N)CCC1CCc1cnn(C)c1. The maximum absolute atomic E-state index is 6.03. The first kappa shape index (κ1) is 10.7. The number of nitrogens with two attached hydrogens (primary N) is 1. The van der Waals surface area contributed by atoms with Gasteiger partial charge in [-0.3, -0.25) is 4.68 Å². The first-order valence-electron chi connectivity index (χ1n) is 5.90. The number of hydrogen-bond donors (Lipinski definition) is 1. The highest BCUT2D eigenvalue weighted by molar-refractivity contribution is 5.04. The summed E-state index contributed by atoms with van der Waals surface area (Å²) < 4.78 is 1.87. The van der Waals surface area contributed by atoms with Crippen LogP contribution in [-0.4, -0.2) is 15.8 Å². The van der Waals surface area contributed by atoms with E-state index in [4.69, 9.17) is 5.73 Å². The van der Waals surface area contributed by atoms with Crippen molar-refractivity contribution < 1.29 is 0 Å². The maximum atomic E-state index is 6.03. The number of aryl methyl sites for hydroxylation is 2. The zero-order valence-electron chi connectivity index (χ0n) is 9.69. The molecule has 3 atom stereocenters. The van der Waals surface area contributed by atoms with Crippen LogP contribution >= 0.6 is 0 Å². The van der Waals surface area contributed by atoms with E-state index >= 15 is 0 Å². The number of rotatable bonds is 3. The van der Waals surface area contributed by atoms with E-state index < -0.39 is 0 Å². The number of hydrogen-bond acceptors (Lipinski definition) is 2. The topological polar surface area (TPSA) is 43.8 Å². The van der Waals surface area contributed by atoms with Crippen LogP contribution in [0.1, 0.15) is 31.7 Å². The van der Waals surface area contributed by atoms with Gasteiger partial charge in [-0.15, -0.1) is 0 Å². The van der Waals surface area contributed by atoms with Crippen molar-refractivity contribution in [3.05, 3.63) is 18.0 Å². The van der Waals surface area contributed by atoms with Gasteiger partial charge in [0.2, 0.25) is 0 Å². The second kappa shape index (κ2) is 4.35.